The van der Waals surface area contributed by atoms with Gasteiger partial charge in [0.2, 0.25) is 5.91 Å². The molecular formula is C25H27N5O4. The number of hydrogen-bond donors (Lipinski definition) is 1. The molecule has 4 rings (SSSR count). The zero-order valence-corrected chi connectivity index (χ0v) is 19.7. The van der Waals surface area contributed by atoms with Crippen molar-refractivity contribution in [3.05, 3.63) is 75.8 Å². The number of hydrogen-bond acceptors (Lipinski definition) is 6. The van der Waals surface area contributed by atoms with Gasteiger partial charge in [0.05, 0.1) is 19.9 Å². The molecule has 0 saturated carbocycles. The summed E-state index contributed by atoms with van der Waals surface area (Å²) in [7, 11) is 3.10. The smallest absolute Gasteiger partial charge is 0.293 e. The first kappa shape index (κ1) is 23.0. The number of amides is 1. The number of carbonyl (C=O) groups excluding carboxylic acids is 1. The van der Waals surface area contributed by atoms with E-state index in [1.165, 1.54) is 10.1 Å². The summed E-state index contributed by atoms with van der Waals surface area (Å²) in [6.45, 7) is 3.85. The van der Waals surface area contributed by atoms with Gasteiger partial charge in [-0.3, -0.25) is 9.59 Å². The summed E-state index contributed by atoms with van der Waals surface area (Å²) < 4.78 is 13.4. The third-order valence-corrected chi connectivity index (χ3v) is 5.65. The number of aromatic nitrogens is 4. The average Bonchev–Trinajstić information content (AvgIpc) is 3.32. The molecule has 2 aromatic carbocycles. The van der Waals surface area contributed by atoms with E-state index in [9.17, 15) is 9.59 Å². The molecule has 9 heteroatoms. The molecule has 176 valence electrons. The summed E-state index contributed by atoms with van der Waals surface area (Å²) in [6.07, 6.45) is 0.950. The SMILES string of the molecule is CCc1ccc(-c2cc3c(=O)n(CC(=O)NCc4cccc(OC)c4OC)nc(C)n3n2)cc1. The lowest BCUT2D eigenvalue weighted by molar-refractivity contribution is -0.122. The van der Waals surface area contributed by atoms with Crippen molar-refractivity contribution in [3.63, 3.8) is 0 Å². The van der Waals surface area contributed by atoms with Gasteiger partial charge in [0.1, 0.15) is 17.9 Å². The van der Waals surface area contributed by atoms with Gasteiger partial charge in [-0.05, 0) is 31.0 Å². The van der Waals surface area contributed by atoms with Crippen LogP contribution in [0.25, 0.3) is 16.8 Å². The molecule has 1 N–H and O–H groups in total. The highest BCUT2D eigenvalue weighted by atomic mass is 16.5. The highest BCUT2D eigenvalue weighted by molar-refractivity contribution is 5.76. The Kier molecular flexibility index (Phi) is 6.62. The van der Waals surface area contributed by atoms with Crippen LogP contribution in [0.15, 0.2) is 53.3 Å². The lowest BCUT2D eigenvalue weighted by Crippen LogP contribution is -2.34. The number of methoxy groups -OCH3 is 2. The highest BCUT2D eigenvalue weighted by Gasteiger charge is 2.16. The molecule has 1 amide bonds. The molecule has 2 heterocycles. The highest BCUT2D eigenvalue weighted by Crippen LogP contribution is 2.30. The van der Waals surface area contributed by atoms with E-state index in [1.807, 2.05) is 36.4 Å². The van der Waals surface area contributed by atoms with Crippen LogP contribution in [0.5, 0.6) is 11.5 Å². The largest absolute Gasteiger partial charge is 0.493 e. The Balaban J connectivity index is 1.55. The molecular weight excluding hydrogens is 434 g/mol. The third kappa shape index (κ3) is 4.50. The predicted molar refractivity (Wildman–Crippen MR) is 128 cm³/mol. The van der Waals surface area contributed by atoms with E-state index in [1.54, 1.807) is 33.3 Å². The van der Waals surface area contributed by atoms with Crippen molar-refractivity contribution in [1.82, 2.24) is 24.7 Å². The fourth-order valence-corrected chi connectivity index (χ4v) is 3.81. The van der Waals surface area contributed by atoms with Crippen LogP contribution in [-0.4, -0.2) is 39.5 Å². The molecule has 0 atom stereocenters. The number of carbonyl (C=O) groups is 1. The van der Waals surface area contributed by atoms with Crippen LogP contribution in [0.1, 0.15) is 23.9 Å². The lowest BCUT2D eigenvalue weighted by Gasteiger charge is -2.13. The Hall–Kier alpha value is -4.14. The van der Waals surface area contributed by atoms with Crippen LogP contribution in [0.3, 0.4) is 0 Å². The van der Waals surface area contributed by atoms with Gasteiger partial charge in [-0.1, -0.05) is 43.3 Å². The van der Waals surface area contributed by atoms with Gasteiger partial charge in [0, 0.05) is 17.7 Å². The summed E-state index contributed by atoms with van der Waals surface area (Å²) in [6, 6.07) is 15.2. The van der Waals surface area contributed by atoms with Crippen LogP contribution in [-0.2, 0) is 24.3 Å². The molecule has 34 heavy (non-hydrogen) atoms. The number of para-hydroxylation sites is 1. The quantitative estimate of drug-likeness (QED) is 0.433. The fraction of sp³-hybridized carbons (Fsp3) is 0.280. The van der Waals surface area contributed by atoms with Crippen molar-refractivity contribution in [1.29, 1.82) is 0 Å². The molecule has 4 aromatic rings. The molecule has 0 bridgehead atoms. The maximum atomic E-state index is 13.0. The molecule has 9 nitrogen and oxygen atoms in total. The maximum absolute atomic E-state index is 13.0. The molecule has 2 aromatic heterocycles. The van der Waals surface area contributed by atoms with Gasteiger partial charge < -0.3 is 14.8 Å². The first-order chi connectivity index (χ1) is 16.4. The van der Waals surface area contributed by atoms with Crippen molar-refractivity contribution >= 4 is 11.4 Å². The summed E-state index contributed by atoms with van der Waals surface area (Å²) >= 11 is 0. The predicted octanol–water partition coefficient (Wildman–Crippen LogP) is 2.76. The summed E-state index contributed by atoms with van der Waals surface area (Å²) in [5.74, 6) is 1.29. The normalized spacial score (nSPS) is 10.9. The molecule has 0 spiro atoms. The van der Waals surface area contributed by atoms with Crippen LogP contribution < -0.4 is 20.3 Å². The average molecular weight is 462 g/mol. The van der Waals surface area contributed by atoms with E-state index in [0.717, 1.165) is 22.2 Å². The Bertz CT molecular complexity index is 1390. The number of aryl methyl sites for hydroxylation is 2. The van der Waals surface area contributed by atoms with Crippen LogP contribution in [0, 0.1) is 6.92 Å². The minimum absolute atomic E-state index is 0.214. The van der Waals surface area contributed by atoms with E-state index in [2.05, 4.69) is 22.4 Å². The van der Waals surface area contributed by atoms with Crippen molar-refractivity contribution < 1.29 is 14.3 Å². The van der Waals surface area contributed by atoms with Crippen LogP contribution >= 0.6 is 0 Å². The maximum Gasteiger partial charge on any atom is 0.293 e. The van der Waals surface area contributed by atoms with Gasteiger partial charge in [0.25, 0.3) is 5.56 Å². The number of rotatable bonds is 8. The second kappa shape index (κ2) is 9.78. The Labute approximate surface area is 196 Å². The number of nitrogens with zero attached hydrogens (tertiary/aromatic N) is 4. The Morgan fingerprint density at radius 1 is 1.06 bits per heavy atom. The third-order valence-electron chi connectivity index (χ3n) is 5.65. The summed E-state index contributed by atoms with van der Waals surface area (Å²) in [5.41, 5.74) is 3.56. The van der Waals surface area contributed by atoms with Gasteiger partial charge in [0.15, 0.2) is 11.5 Å². The van der Waals surface area contributed by atoms with Crippen molar-refractivity contribution in [2.75, 3.05) is 14.2 Å². The molecule has 0 aliphatic rings. The second-order valence-electron chi connectivity index (χ2n) is 7.82. The number of ether oxygens (including phenoxy) is 2. The van der Waals surface area contributed by atoms with Gasteiger partial charge >= 0.3 is 0 Å². The topological polar surface area (TPSA) is 99.8 Å². The Morgan fingerprint density at radius 2 is 1.82 bits per heavy atom. The van der Waals surface area contributed by atoms with Crippen LogP contribution in [0.4, 0.5) is 0 Å². The molecule has 0 unspecified atom stereocenters. The first-order valence-corrected chi connectivity index (χ1v) is 11.0. The van der Waals surface area contributed by atoms with Gasteiger partial charge in [-0.2, -0.15) is 10.2 Å². The molecule has 0 saturated heterocycles. The van der Waals surface area contributed by atoms with Crippen molar-refractivity contribution in [3.8, 4) is 22.8 Å². The van der Waals surface area contributed by atoms with E-state index in [4.69, 9.17) is 9.47 Å². The number of benzene rings is 2. The van der Waals surface area contributed by atoms with E-state index < -0.39 is 0 Å². The minimum atomic E-state index is -0.386. The lowest BCUT2D eigenvalue weighted by atomic mass is 10.1. The van der Waals surface area contributed by atoms with E-state index in [0.29, 0.717) is 28.5 Å². The fourth-order valence-electron chi connectivity index (χ4n) is 3.81. The molecule has 0 aliphatic carbocycles. The van der Waals surface area contributed by atoms with Crippen LogP contribution in [0.2, 0.25) is 0 Å². The molecule has 0 radical (unpaired) electrons. The number of nitrogens with one attached hydrogen (secondary N) is 1. The molecule has 0 fully saturated rings. The first-order valence-electron chi connectivity index (χ1n) is 11.0. The minimum Gasteiger partial charge on any atom is -0.493 e. The van der Waals surface area contributed by atoms with Gasteiger partial charge in [-0.25, -0.2) is 9.20 Å². The monoisotopic (exact) mass is 461 g/mol. The Morgan fingerprint density at radius 3 is 2.50 bits per heavy atom. The van der Waals surface area contributed by atoms with Gasteiger partial charge in [-0.15, -0.1) is 0 Å². The zero-order chi connectivity index (χ0) is 24.2. The molecule has 0 aliphatic heterocycles. The van der Waals surface area contributed by atoms with E-state index in [-0.39, 0.29) is 24.6 Å². The van der Waals surface area contributed by atoms with Crippen molar-refractivity contribution in [2.45, 2.75) is 33.4 Å². The zero-order valence-electron chi connectivity index (χ0n) is 19.7. The van der Waals surface area contributed by atoms with Crippen molar-refractivity contribution in [2.24, 2.45) is 0 Å². The second-order valence-corrected chi connectivity index (χ2v) is 7.82. The van der Waals surface area contributed by atoms with E-state index >= 15 is 0 Å². The number of fused-ring (bicyclic) bond motifs is 1. The summed E-state index contributed by atoms with van der Waals surface area (Å²) in [4.78, 5) is 25.7. The standard InChI is InChI=1S/C25H27N5O4/c1-5-17-9-11-18(12-10-17)20-13-21-25(32)29(27-16(2)30(21)28-20)15-23(31)26-14-19-7-6-8-22(33-3)24(19)34-4/h6-13H,5,14-15H2,1-4H3,(H,26,31). The summed E-state index contributed by atoms with van der Waals surface area (Å²) in [5, 5.41) is 11.6.